The van der Waals surface area contributed by atoms with Crippen LogP contribution in [0.25, 0.3) is 22.7 Å². The SMILES string of the molecule is Cc1cccc(-c2oc(C)nc2-c2ccc3c(c2)N(C)NN3)n1. The van der Waals surface area contributed by atoms with Gasteiger partial charge < -0.3 is 9.84 Å². The number of fused-ring (bicyclic) bond motifs is 1. The molecule has 0 unspecified atom stereocenters. The number of hydrazine groups is 2. The third-order valence-electron chi connectivity index (χ3n) is 3.85. The summed E-state index contributed by atoms with van der Waals surface area (Å²) in [5, 5.41) is 1.93. The maximum atomic E-state index is 5.84. The number of nitrogens with zero attached hydrogens (tertiary/aromatic N) is 3. The first kappa shape index (κ1) is 13.8. The van der Waals surface area contributed by atoms with Gasteiger partial charge in [0.1, 0.15) is 11.4 Å². The van der Waals surface area contributed by atoms with E-state index >= 15 is 0 Å². The number of nitrogens with one attached hydrogen (secondary N) is 2. The van der Waals surface area contributed by atoms with Crippen LogP contribution in [0.5, 0.6) is 0 Å². The normalized spacial score (nSPS) is 13.1. The Morgan fingerprint density at radius 1 is 1.09 bits per heavy atom. The Bertz CT molecular complexity index is 886. The van der Waals surface area contributed by atoms with Crippen LogP contribution in [0, 0.1) is 13.8 Å². The molecule has 0 radical (unpaired) electrons. The van der Waals surface area contributed by atoms with Gasteiger partial charge in [-0.1, -0.05) is 12.1 Å². The number of benzene rings is 1. The van der Waals surface area contributed by atoms with Gasteiger partial charge in [-0.2, -0.15) is 0 Å². The lowest BCUT2D eigenvalue weighted by Crippen LogP contribution is -2.31. The monoisotopic (exact) mass is 307 g/mol. The molecule has 1 aliphatic heterocycles. The maximum Gasteiger partial charge on any atom is 0.192 e. The zero-order valence-electron chi connectivity index (χ0n) is 13.2. The van der Waals surface area contributed by atoms with Gasteiger partial charge in [0.15, 0.2) is 11.7 Å². The van der Waals surface area contributed by atoms with Gasteiger partial charge in [0.05, 0.1) is 11.4 Å². The van der Waals surface area contributed by atoms with Crippen LogP contribution >= 0.6 is 0 Å². The zero-order chi connectivity index (χ0) is 16.0. The third-order valence-corrected chi connectivity index (χ3v) is 3.85. The van der Waals surface area contributed by atoms with Crippen LogP contribution in [-0.2, 0) is 0 Å². The van der Waals surface area contributed by atoms with Gasteiger partial charge >= 0.3 is 0 Å². The standard InChI is InChI=1S/C17H17N5O/c1-10-5-4-6-14(18-10)17-16(19-11(2)23-17)12-7-8-13-15(9-12)22(3)21-20-13/h4-9,20-21H,1-3H3. The van der Waals surface area contributed by atoms with E-state index in [9.17, 15) is 0 Å². The highest BCUT2D eigenvalue weighted by molar-refractivity contribution is 5.83. The van der Waals surface area contributed by atoms with E-state index in [2.05, 4.69) is 27.0 Å². The second kappa shape index (κ2) is 5.10. The van der Waals surface area contributed by atoms with Crippen LogP contribution in [0.1, 0.15) is 11.6 Å². The fraction of sp³-hybridized carbons (Fsp3) is 0.176. The molecular formula is C17H17N5O. The molecule has 1 aliphatic rings. The molecule has 3 heterocycles. The summed E-state index contributed by atoms with van der Waals surface area (Å²) < 4.78 is 5.84. The van der Waals surface area contributed by atoms with Crippen molar-refractivity contribution >= 4 is 11.4 Å². The Labute approximate surface area is 134 Å². The van der Waals surface area contributed by atoms with E-state index in [1.165, 1.54) is 0 Å². The lowest BCUT2D eigenvalue weighted by Gasteiger charge is -2.10. The van der Waals surface area contributed by atoms with E-state index < -0.39 is 0 Å². The summed E-state index contributed by atoms with van der Waals surface area (Å²) in [6.45, 7) is 3.82. The first-order valence-corrected chi connectivity index (χ1v) is 7.43. The molecule has 0 saturated carbocycles. The Kier molecular flexibility index (Phi) is 3.06. The first-order valence-electron chi connectivity index (χ1n) is 7.43. The Balaban J connectivity index is 1.86. The molecule has 23 heavy (non-hydrogen) atoms. The molecule has 0 atom stereocenters. The third kappa shape index (κ3) is 2.33. The number of aromatic nitrogens is 2. The van der Waals surface area contributed by atoms with Crippen molar-refractivity contribution < 1.29 is 4.42 Å². The molecule has 6 nitrogen and oxygen atoms in total. The molecule has 1 aromatic carbocycles. The highest BCUT2D eigenvalue weighted by Gasteiger charge is 2.20. The van der Waals surface area contributed by atoms with Gasteiger partial charge in [-0.25, -0.2) is 9.97 Å². The lowest BCUT2D eigenvalue weighted by molar-refractivity contribution is 0.532. The summed E-state index contributed by atoms with van der Waals surface area (Å²) in [5.41, 5.74) is 11.8. The van der Waals surface area contributed by atoms with Gasteiger partial charge in [0, 0.05) is 25.2 Å². The average Bonchev–Trinajstić information content (AvgIpc) is 3.11. The smallest absolute Gasteiger partial charge is 0.192 e. The number of oxazole rings is 1. The van der Waals surface area contributed by atoms with E-state index in [0.717, 1.165) is 34.0 Å². The second-order valence-corrected chi connectivity index (χ2v) is 5.60. The van der Waals surface area contributed by atoms with Crippen molar-refractivity contribution in [3.63, 3.8) is 0 Å². The Morgan fingerprint density at radius 3 is 2.78 bits per heavy atom. The van der Waals surface area contributed by atoms with E-state index in [1.807, 2.05) is 56.2 Å². The Hall–Kier alpha value is -2.86. The lowest BCUT2D eigenvalue weighted by atomic mass is 10.1. The van der Waals surface area contributed by atoms with Crippen LogP contribution in [0.3, 0.4) is 0 Å². The fourth-order valence-electron chi connectivity index (χ4n) is 2.73. The maximum absolute atomic E-state index is 5.84. The summed E-state index contributed by atoms with van der Waals surface area (Å²) in [6.07, 6.45) is 0. The van der Waals surface area contributed by atoms with Crippen molar-refractivity contribution in [2.45, 2.75) is 13.8 Å². The summed E-state index contributed by atoms with van der Waals surface area (Å²) in [7, 11) is 1.96. The summed E-state index contributed by atoms with van der Waals surface area (Å²) >= 11 is 0. The van der Waals surface area contributed by atoms with Crippen molar-refractivity contribution in [1.29, 1.82) is 0 Å². The summed E-state index contributed by atoms with van der Waals surface area (Å²) in [6, 6.07) is 12.0. The summed E-state index contributed by atoms with van der Waals surface area (Å²) in [5.74, 6) is 1.33. The van der Waals surface area contributed by atoms with Crippen LogP contribution in [0.15, 0.2) is 40.8 Å². The zero-order valence-corrected chi connectivity index (χ0v) is 13.2. The molecule has 0 fully saturated rings. The molecule has 0 saturated heterocycles. The quantitative estimate of drug-likeness (QED) is 0.757. The predicted octanol–water partition coefficient (Wildman–Crippen LogP) is 3.30. The van der Waals surface area contributed by atoms with E-state index in [4.69, 9.17) is 4.42 Å². The molecule has 0 aliphatic carbocycles. The molecule has 0 amide bonds. The van der Waals surface area contributed by atoms with E-state index in [-0.39, 0.29) is 0 Å². The number of aryl methyl sites for hydroxylation is 2. The van der Waals surface area contributed by atoms with Crippen LogP contribution in [0.4, 0.5) is 11.4 Å². The topological polar surface area (TPSA) is 66.2 Å². The molecule has 0 spiro atoms. The molecule has 3 aromatic rings. The van der Waals surface area contributed by atoms with Gasteiger partial charge in [-0.15, -0.1) is 5.53 Å². The molecule has 2 aromatic heterocycles. The van der Waals surface area contributed by atoms with E-state index in [0.29, 0.717) is 11.7 Å². The highest BCUT2D eigenvalue weighted by Crippen LogP contribution is 2.36. The molecule has 4 rings (SSSR count). The molecular weight excluding hydrogens is 290 g/mol. The predicted molar refractivity (Wildman–Crippen MR) is 89.8 cm³/mol. The number of hydrogen-bond donors (Lipinski definition) is 2. The van der Waals surface area contributed by atoms with Gasteiger partial charge in [-0.05, 0) is 31.2 Å². The van der Waals surface area contributed by atoms with Crippen LogP contribution in [-0.4, -0.2) is 17.0 Å². The van der Waals surface area contributed by atoms with Crippen LogP contribution in [0.2, 0.25) is 0 Å². The van der Waals surface area contributed by atoms with Gasteiger partial charge in [-0.3, -0.25) is 5.01 Å². The van der Waals surface area contributed by atoms with Crippen LogP contribution < -0.4 is 16.0 Å². The largest absolute Gasteiger partial charge is 0.439 e. The van der Waals surface area contributed by atoms with Gasteiger partial charge in [0.25, 0.3) is 0 Å². The number of hydrogen-bond acceptors (Lipinski definition) is 6. The van der Waals surface area contributed by atoms with Crippen molar-refractivity contribution in [2.75, 3.05) is 17.5 Å². The first-order chi connectivity index (χ1) is 11.1. The Morgan fingerprint density at radius 2 is 1.96 bits per heavy atom. The molecule has 0 bridgehead atoms. The van der Waals surface area contributed by atoms with E-state index in [1.54, 1.807) is 0 Å². The molecule has 6 heteroatoms. The number of pyridine rings is 1. The summed E-state index contributed by atoms with van der Waals surface area (Å²) in [4.78, 5) is 9.13. The van der Waals surface area contributed by atoms with Crippen molar-refractivity contribution in [3.8, 4) is 22.7 Å². The van der Waals surface area contributed by atoms with Crippen molar-refractivity contribution in [3.05, 3.63) is 48.0 Å². The van der Waals surface area contributed by atoms with Crippen molar-refractivity contribution in [1.82, 2.24) is 15.5 Å². The molecule has 116 valence electrons. The van der Waals surface area contributed by atoms with Crippen molar-refractivity contribution in [2.24, 2.45) is 0 Å². The number of anilines is 2. The minimum absolute atomic E-state index is 0.628. The number of rotatable bonds is 2. The second-order valence-electron chi connectivity index (χ2n) is 5.60. The minimum atomic E-state index is 0.628. The molecule has 2 N–H and O–H groups in total. The fourth-order valence-corrected chi connectivity index (χ4v) is 2.73. The van der Waals surface area contributed by atoms with Gasteiger partial charge in [0.2, 0.25) is 0 Å². The highest BCUT2D eigenvalue weighted by atomic mass is 16.4. The average molecular weight is 307 g/mol. The minimum Gasteiger partial charge on any atom is -0.439 e.